The number of rotatable bonds is 13. The van der Waals surface area contributed by atoms with Crippen molar-refractivity contribution >= 4 is 29.5 Å². The van der Waals surface area contributed by atoms with Gasteiger partial charge < -0.3 is 13.6 Å². The number of hydrogen-bond acceptors (Lipinski definition) is 6. The van der Waals surface area contributed by atoms with E-state index in [1.165, 1.54) is 4.57 Å². The lowest BCUT2D eigenvalue weighted by molar-refractivity contribution is 0.219. The Morgan fingerprint density at radius 1 is 0.949 bits per heavy atom. The molecule has 0 saturated heterocycles. The number of hydrogen-bond donors (Lipinski definition) is 0. The fourth-order valence-electron chi connectivity index (χ4n) is 5.00. The van der Waals surface area contributed by atoms with Crippen LogP contribution in [0.25, 0.3) is 21.9 Å². The van der Waals surface area contributed by atoms with Crippen LogP contribution >= 0.6 is 7.60 Å². The number of unbranched alkanes of at least 4 members (excludes halogenated alkanes) is 1. The van der Waals surface area contributed by atoms with E-state index in [0.717, 1.165) is 20.9 Å². The van der Waals surface area contributed by atoms with Gasteiger partial charge >= 0.3 is 13.3 Å². The Balaban J connectivity index is 1.75. The minimum absolute atomic E-state index is 0.134. The zero-order chi connectivity index (χ0) is 28.0. The van der Waals surface area contributed by atoms with E-state index in [-0.39, 0.29) is 19.3 Å². The van der Waals surface area contributed by atoms with Crippen molar-refractivity contribution < 1.29 is 13.6 Å². The van der Waals surface area contributed by atoms with E-state index in [9.17, 15) is 14.2 Å². The van der Waals surface area contributed by atoms with Crippen molar-refractivity contribution in [3.05, 3.63) is 74.7 Å². The summed E-state index contributed by atoms with van der Waals surface area (Å²) >= 11 is 0. The van der Waals surface area contributed by atoms with Crippen LogP contribution in [0.4, 0.5) is 0 Å². The van der Waals surface area contributed by atoms with Gasteiger partial charge in [0, 0.05) is 19.5 Å². The molecule has 0 aliphatic heterocycles. The number of terminal acetylenes is 1. The van der Waals surface area contributed by atoms with Gasteiger partial charge in [0.25, 0.3) is 5.56 Å². The molecule has 0 fully saturated rings. The molecule has 9 nitrogen and oxygen atoms in total. The molecule has 0 aliphatic rings. The summed E-state index contributed by atoms with van der Waals surface area (Å²) in [6, 6.07) is 14.3. The van der Waals surface area contributed by atoms with E-state index in [4.69, 9.17) is 20.5 Å². The fourth-order valence-corrected chi connectivity index (χ4v) is 6.73. The predicted molar refractivity (Wildman–Crippen MR) is 154 cm³/mol. The molecule has 0 unspecified atom stereocenters. The Labute approximate surface area is 227 Å². The zero-order valence-corrected chi connectivity index (χ0v) is 23.7. The van der Waals surface area contributed by atoms with E-state index in [1.807, 2.05) is 29.7 Å². The second-order valence-electron chi connectivity index (χ2n) is 9.17. The summed E-state index contributed by atoms with van der Waals surface area (Å²) in [5.41, 5.74) is 0.837. The molecule has 2 heterocycles. The van der Waals surface area contributed by atoms with Crippen molar-refractivity contribution in [3.63, 3.8) is 0 Å². The number of aromatic nitrogens is 4. The first-order valence-electron chi connectivity index (χ1n) is 13.4. The lowest BCUT2D eigenvalue weighted by Gasteiger charge is -2.17. The van der Waals surface area contributed by atoms with E-state index >= 15 is 0 Å². The van der Waals surface area contributed by atoms with Gasteiger partial charge in [-0.25, -0.2) is 14.3 Å². The van der Waals surface area contributed by atoms with Crippen LogP contribution in [0.2, 0.25) is 0 Å². The second-order valence-corrected chi connectivity index (χ2v) is 11.4. The number of nitrogens with zero attached hydrogens (tertiary/aromatic N) is 4. The molecular formula is C29H35N4O5P. The van der Waals surface area contributed by atoms with Gasteiger partial charge in [0.15, 0.2) is 11.2 Å². The third kappa shape index (κ3) is 5.94. The van der Waals surface area contributed by atoms with Crippen molar-refractivity contribution in [1.82, 2.24) is 18.7 Å². The monoisotopic (exact) mass is 550 g/mol. The maximum atomic E-state index is 13.5. The van der Waals surface area contributed by atoms with Crippen LogP contribution in [-0.2, 0) is 39.7 Å². The molecule has 0 N–H and O–H groups in total. The molecular weight excluding hydrogens is 515 g/mol. The van der Waals surface area contributed by atoms with Crippen molar-refractivity contribution in [2.75, 3.05) is 19.4 Å². The molecule has 0 bridgehead atoms. The molecule has 39 heavy (non-hydrogen) atoms. The average Bonchev–Trinajstić information content (AvgIpc) is 3.29. The lowest BCUT2D eigenvalue weighted by Crippen LogP contribution is -2.40. The minimum atomic E-state index is -3.19. The number of fused-ring (bicyclic) bond motifs is 2. The Hall–Kier alpha value is -3.44. The molecule has 2 aromatic carbocycles. The van der Waals surface area contributed by atoms with Crippen LogP contribution in [0.5, 0.6) is 0 Å². The lowest BCUT2D eigenvalue weighted by atomic mass is 10.0. The van der Waals surface area contributed by atoms with Crippen molar-refractivity contribution in [3.8, 4) is 12.3 Å². The summed E-state index contributed by atoms with van der Waals surface area (Å²) in [5, 5.41) is 2.24. The fraction of sp³-hybridized carbons (Fsp3) is 0.414. The molecule has 0 atom stereocenters. The van der Waals surface area contributed by atoms with Gasteiger partial charge in [-0.15, -0.1) is 6.42 Å². The zero-order valence-electron chi connectivity index (χ0n) is 22.8. The van der Waals surface area contributed by atoms with E-state index < -0.39 is 18.8 Å². The van der Waals surface area contributed by atoms with Gasteiger partial charge in [-0.3, -0.25) is 13.9 Å². The van der Waals surface area contributed by atoms with Gasteiger partial charge in [-0.1, -0.05) is 48.4 Å². The average molecular weight is 551 g/mol. The highest BCUT2D eigenvalue weighted by atomic mass is 31.2. The SMILES string of the molecule is C#CCn1c(=O)c2c(nc(Cc3cccc4ccccc34)n2CC)n(CCCCP(=O)(OCC)OCC)c1=O. The largest absolute Gasteiger partial charge is 0.333 e. The van der Waals surface area contributed by atoms with Crippen LogP contribution in [0.1, 0.15) is 45.0 Å². The Morgan fingerprint density at radius 3 is 2.36 bits per heavy atom. The summed E-state index contributed by atoms with van der Waals surface area (Å²) in [4.78, 5) is 31.7. The molecule has 4 rings (SSSR count). The maximum absolute atomic E-state index is 13.5. The summed E-state index contributed by atoms with van der Waals surface area (Å²) < 4.78 is 28.1. The molecule has 0 radical (unpaired) electrons. The predicted octanol–water partition coefficient (Wildman–Crippen LogP) is 4.80. The van der Waals surface area contributed by atoms with Crippen LogP contribution in [0, 0.1) is 12.3 Å². The first-order chi connectivity index (χ1) is 18.9. The topological polar surface area (TPSA) is 97.3 Å². The quantitative estimate of drug-likeness (QED) is 0.135. The van der Waals surface area contributed by atoms with E-state index in [0.29, 0.717) is 56.0 Å². The molecule has 206 valence electrons. The third-order valence-corrected chi connectivity index (χ3v) is 8.87. The van der Waals surface area contributed by atoms with Crippen molar-refractivity contribution in [1.29, 1.82) is 0 Å². The standard InChI is InChI=1S/C29H35N4O5P/c1-5-18-33-28(34)26-27(32(29(33)35)19-11-12-20-39(36,37-7-3)38-8-4)30-25(31(26)6-2)21-23-16-13-15-22-14-9-10-17-24(22)23/h1,9-10,13-17H,6-8,11-12,18-21H2,2-4H3. The molecule has 0 aliphatic carbocycles. The third-order valence-electron chi connectivity index (χ3n) is 6.70. The van der Waals surface area contributed by atoms with Crippen LogP contribution < -0.4 is 11.2 Å². The smallest absolute Gasteiger partial charge is 0.322 e. The van der Waals surface area contributed by atoms with Gasteiger partial charge in [0.1, 0.15) is 5.82 Å². The number of imidazole rings is 1. The summed E-state index contributed by atoms with van der Waals surface area (Å²) in [7, 11) is -3.19. The highest BCUT2D eigenvalue weighted by Gasteiger charge is 2.24. The molecule has 2 aromatic heterocycles. The summed E-state index contributed by atoms with van der Waals surface area (Å²) in [6.45, 7) is 6.74. The van der Waals surface area contributed by atoms with Gasteiger partial charge in [-0.2, -0.15) is 0 Å². The highest BCUT2D eigenvalue weighted by Crippen LogP contribution is 2.48. The molecule has 0 amide bonds. The van der Waals surface area contributed by atoms with Crippen LogP contribution in [0.3, 0.4) is 0 Å². The van der Waals surface area contributed by atoms with Gasteiger partial charge in [0.05, 0.1) is 25.9 Å². The molecule has 0 spiro atoms. The maximum Gasteiger partial charge on any atom is 0.333 e. The normalized spacial score (nSPS) is 11.8. The summed E-state index contributed by atoms with van der Waals surface area (Å²) in [6.07, 6.45) is 7.28. The highest BCUT2D eigenvalue weighted by molar-refractivity contribution is 7.53. The summed E-state index contributed by atoms with van der Waals surface area (Å²) in [5.74, 6) is 3.13. The van der Waals surface area contributed by atoms with Gasteiger partial charge in [-0.05, 0) is 49.9 Å². The van der Waals surface area contributed by atoms with Gasteiger partial charge in [0.2, 0.25) is 0 Å². The van der Waals surface area contributed by atoms with Crippen molar-refractivity contribution in [2.45, 2.75) is 59.7 Å². The van der Waals surface area contributed by atoms with Crippen LogP contribution in [-0.4, -0.2) is 38.1 Å². The van der Waals surface area contributed by atoms with E-state index in [1.54, 1.807) is 13.8 Å². The first-order valence-corrected chi connectivity index (χ1v) is 15.1. The molecule has 10 heteroatoms. The van der Waals surface area contributed by atoms with E-state index in [2.05, 4.69) is 30.2 Å². The second kappa shape index (κ2) is 12.6. The Kier molecular flexibility index (Phi) is 9.24. The Morgan fingerprint density at radius 2 is 1.67 bits per heavy atom. The van der Waals surface area contributed by atoms with Crippen molar-refractivity contribution in [2.24, 2.45) is 0 Å². The molecule has 0 saturated carbocycles. The Bertz CT molecular complexity index is 1660. The number of aryl methyl sites for hydroxylation is 2. The number of benzene rings is 2. The van der Waals surface area contributed by atoms with Crippen LogP contribution in [0.15, 0.2) is 52.1 Å². The minimum Gasteiger partial charge on any atom is -0.322 e. The first kappa shape index (κ1) is 28.6. The molecule has 4 aromatic rings.